The third-order valence-electron chi connectivity index (χ3n) is 2.56. The van der Waals surface area contributed by atoms with Crippen LogP contribution in [0.3, 0.4) is 0 Å². The zero-order valence-electron chi connectivity index (χ0n) is 8.04. The third-order valence-corrected chi connectivity index (χ3v) is 3.12. The van der Waals surface area contributed by atoms with Gasteiger partial charge in [-0.25, -0.2) is 9.97 Å². The van der Waals surface area contributed by atoms with Gasteiger partial charge in [0.05, 0.1) is 0 Å². The Morgan fingerprint density at radius 1 is 1.14 bits per heavy atom. The molecule has 1 saturated carbocycles. The number of rotatable bonds is 2. The maximum atomic E-state index is 4.24. The first-order valence-corrected chi connectivity index (χ1v) is 6.16. The molecule has 2 rings (SSSR count). The van der Waals surface area contributed by atoms with Crippen molar-refractivity contribution in [3.05, 3.63) is 16.0 Å². The lowest BCUT2D eigenvalue weighted by atomic mass is 9.96. The van der Waals surface area contributed by atoms with E-state index < -0.39 is 0 Å². The molecule has 0 unspecified atom stereocenters. The maximum absolute atomic E-state index is 4.24. The number of nitrogens with one attached hydrogen (secondary N) is 1. The largest absolute Gasteiger partial charge is 0.351 e. The van der Waals surface area contributed by atoms with E-state index in [2.05, 4.69) is 37.9 Å². The molecule has 0 spiro atoms. The number of hydrogen-bond donors (Lipinski definition) is 1. The van der Waals surface area contributed by atoms with Gasteiger partial charge in [0.15, 0.2) is 0 Å². The molecule has 0 bridgehead atoms. The first-order chi connectivity index (χ1) is 6.84. The molecule has 0 atom stereocenters. The lowest BCUT2D eigenvalue weighted by Crippen LogP contribution is -2.23. The number of hydrogen-bond acceptors (Lipinski definition) is 3. The molecule has 0 aromatic carbocycles. The van der Waals surface area contributed by atoms with Crippen LogP contribution in [0, 0.1) is 3.57 Å². The molecule has 14 heavy (non-hydrogen) atoms. The highest BCUT2D eigenvalue weighted by Crippen LogP contribution is 2.19. The van der Waals surface area contributed by atoms with Crippen molar-refractivity contribution in [3.8, 4) is 0 Å². The topological polar surface area (TPSA) is 37.8 Å². The van der Waals surface area contributed by atoms with Gasteiger partial charge in [-0.15, -0.1) is 0 Å². The van der Waals surface area contributed by atoms with Crippen LogP contribution in [0.25, 0.3) is 0 Å². The highest BCUT2D eigenvalue weighted by Gasteiger charge is 2.13. The first kappa shape index (κ1) is 10.1. The molecule has 3 nitrogen and oxygen atoms in total. The minimum atomic E-state index is 0.587. The molecule has 1 aromatic rings. The summed E-state index contributed by atoms with van der Waals surface area (Å²) in [5.41, 5.74) is 0. The Hall–Kier alpha value is -0.390. The van der Waals surface area contributed by atoms with Crippen molar-refractivity contribution in [1.29, 1.82) is 0 Å². The van der Waals surface area contributed by atoms with Crippen molar-refractivity contribution < 1.29 is 0 Å². The average molecular weight is 303 g/mol. The number of anilines is 1. The minimum absolute atomic E-state index is 0.587. The zero-order chi connectivity index (χ0) is 9.80. The van der Waals surface area contributed by atoms with Gasteiger partial charge in [0.1, 0.15) is 0 Å². The lowest BCUT2D eigenvalue weighted by Gasteiger charge is -2.22. The first-order valence-electron chi connectivity index (χ1n) is 5.09. The van der Waals surface area contributed by atoms with Gasteiger partial charge in [0, 0.05) is 22.0 Å². The number of nitrogens with zero attached hydrogens (tertiary/aromatic N) is 2. The van der Waals surface area contributed by atoms with Crippen molar-refractivity contribution in [1.82, 2.24) is 9.97 Å². The third kappa shape index (κ3) is 2.80. The summed E-state index contributed by atoms with van der Waals surface area (Å²) in [5, 5.41) is 3.38. The van der Waals surface area contributed by atoms with Gasteiger partial charge in [0.2, 0.25) is 5.95 Å². The summed E-state index contributed by atoms with van der Waals surface area (Å²) < 4.78 is 1.08. The Bertz CT molecular complexity index is 280. The fraction of sp³-hybridized carbons (Fsp3) is 0.600. The normalized spacial score (nSPS) is 18.1. The highest BCUT2D eigenvalue weighted by atomic mass is 127. The van der Waals surface area contributed by atoms with Gasteiger partial charge >= 0.3 is 0 Å². The highest BCUT2D eigenvalue weighted by molar-refractivity contribution is 14.1. The van der Waals surface area contributed by atoms with Crippen LogP contribution in [0.15, 0.2) is 12.4 Å². The summed E-state index contributed by atoms with van der Waals surface area (Å²) in [6.45, 7) is 0. The Morgan fingerprint density at radius 2 is 1.79 bits per heavy atom. The molecule has 0 radical (unpaired) electrons. The van der Waals surface area contributed by atoms with Gasteiger partial charge in [0.25, 0.3) is 0 Å². The smallest absolute Gasteiger partial charge is 0.222 e. The molecule has 1 aromatic heterocycles. The van der Waals surface area contributed by atoms with Crippen molar-refractivity contribution >= 4 is 28.5 Å². The fourth-order valence-corrected chi connectivity index (χ4v) is 2.09. The lowest BCUT2D eigenvalue weighted by molar-refractivity contribution is 0.461. The van der Waals surface area contributed by atoms with Crippen molar-refractivity contribution in [2.24, 2.45) is 0 Å². The van der Waals surface area contributed by atoms with Crippen molar-refractivity contribution in [2.45, 2.75) is 38.1 Å². The van der Waals surface area contributed by atoms with Crippen LogP contribution in [0.4, 0.5) is 5.95 Å². The van der Waals surface area contributed by atoms with Crippen LogP contribution in [0.1, 0.15) is 32.1 Å². The van der Waals surface area contributed by atoms with Gasteiger partial charge < -0.3 is 5.32 Å². The molecule has 76 valence electrons. The predicted octanol–water partition coefficient (Wildman–Crippen LogP) is 2.83. The summed E-state index contributed by atoms with van der Waals surface area (Å²) in [7, 11) is 0. The number of halogens is 1. The molecule has 0 amide bonds. The zero-order valence-corrected chi connectivity index (χ0v) is 10.2. The molecule has 4 heteroatoms. The van der Waals surface area contributed by atoms with Gasteiger partial charge in [-0.2, -0.15) is 0 Å². The molecule has 1 heterocycles. The Labute approximate surface area is 97.9 Å². The molecule has 0 saturated heterocycles. The van der Waals surface area contributed by atoms with E-state index in [1.807, 2.05) is 12.4 Å². The van der Waals surface area contributed by atoms with Crippen LogP contribution < -0.4 is 5.32 Å². The molecule has 1 aliphatic rings. The molecule has 0 aliphatic heterocycles. The molecule has 1 aliphatic carbocycles. The summed E-state index contributed by atoms with van der Waals surface area (Å²) in [6, 6.07) is 0.587. The quantitative estimate of drug-likeness (QED) is 0.854. The maximum Gasteiger partial charge on any atom is 0.222 e. The van der Waals surface area contributed by atoms with Gasteiger partial charge in [-0.1, -0.05) is 19.3 Å². The molecule has 1 N–H and O–H groups in total. The van der Waals surface area contributed by atoms with Gasteiger partial charge in [-0.05, 0) is 35.4 Å². The van der Waals surface area contributed by atoms with Crippen LogP contribution in [-0.2, 0) is 0 Å². The van der Waals surface area contributed by atoms with E-state index in [1.165, 1.54) is 32.1 Å². The molecular formula is C10H14IN3. The standard InChI is InChI=1S/C10H14IN3/c11-8-6-12-10(13-7-8)14-9-4-2-1-3-5-9/h6-7,9H,1-5H2,(H,12,13,14). The van der Waals surface area contributed by atoms with Crippen LogP contribution >= 0.6 is 22.6 Å². The number of aromatic nitrogens is 2. The fourth-order valence-electron chi connectivity index (χ4n) is 1.82. The summed E-state index contributed by atoms with van der Waals surface area (Å²) in [6.07, 6.45) is 10.3. The summed E-state index contributed by atoms with van der Waals surface area (Å²) >= 11 is 2.21. The van der Waals surface area contributed by atoms with Crippen LogP contribution in [-0.4, -0.2) is 16.0 Å². The minimum Gasteiger partial charge on any atom is -0.351 e. The summed E-state index contributed by atoms with van der Waals surface area (Å²) in [4.78, 5) is 8.49. The van der Waals surface area contributed by atoms with E-state index in [4.69, 9.17) is 0 Å². The van der Waals surface area contributed by atoms with E-state index in [9.17, 15) is 0 Å². The van der Waals surface area contributed by atoms with E-state index in [-0.39, 0.29) is 0 Å². The van der Waals surface area contributed by atoms with Crippen molar-refractivity contribution in [2.75, 3.05) is 5.32 Å². The monoisotopic (exact) mass is 303 g/mol. The molecule has 1 fully saturated rings. The second kappa shape index (κ2) is 4.91. The molecular weight excluding hydrogens is 289 g/mol. The van der Waals surface area contributed by atoms with E-state index in [0.29, 0.717) is 6.04 Å². The Balaban J connectivity index is 1.92. The van der Waals surface area contributed by atoms with Crippen LogP contribution in [0.2, 0.25) is 0 Å². The van der Waals surface area contributed by atoms with Gasteiger partial charge in [-0.3, -0.25) is 0 Å². The van der Waals surface area contributed by atoms with Crippen molar-refractivity contribution in [3.63, 3.8) is 0 Å². The van der Waals surface area contributed by atoms with E-state index >= 15 is 0 Å². The average Bonchev–Trinajstić information content (AvgIpc) is 2.23. The van der Waals surface area contributed by atoms with E-state index in [1.54, 1.807) is 0 Å². The Kier molecular flexibility index (Phi) is 3.55. The second-order valence-corrected chi connectivity index (χ2v) is 4.95. The predicted molar refractivity (Wildman–Crippen MR) is 65.2 cm³/mol. The summed E-state index contributed by atoms with van der Waals surface area (Å²) in [5.74, 6) is 0.775. The Morgan fingerprint density at radius 3 is 2.43 bits per heavy atom. The van der Waals surface area contributed by atoms with E-state index in [0.717, 1.165) is 9.52 Å². The SMILES string of the molecule is Ic1cnc(NC2CCCCC2)nc1. The second-order valence-electron chi connectivity index (χ2n) is 3.70. The van der Waals surface area contributed by atoms with Crippen LogP contribution in [0.5, 0.6) is 0 Å².